The van der Waals surface area contributed by atoms with Gasteiger partial charge in [-0.3, -0.25) is 4.79 Å². The van der Waals surface area contributed by atoms with Gasteiger partial charge in [-0.15, -0.1) is 0 Å². The number of allylic oxidation sites excluding steroid dienone is 2. The van der Waals surface area contributed by atoms with Gasteiger partial charge in [0.2, 0.25) is 0 Å². The molecule has 5 nitrogen and oxygen atoms in total. The number of rotatable bonds is 7. The number of aliphatic hydroxyl groups is 3. The second-order valence-corrected chi connectivity index (χ2v) is 5.75. The molecule has 0 saturated heterocycles. The lowest BCUT2D eigenvalue weighted by Crippen LogP contribution is -2.42. The number of aliphatic hydroxyl groups excluding tert-OH is 2. The van der Waals surface area contributed by atoms with Gasteiger partial charge in [-0.2, -0.15) is 0 Å². The second kappa shape index (κ2) is 7.55. The zero-order valence-electron chi connectivity index (χ0n) is 13.1. The highest BCUT2D eigenvalue weighted by atomic mass is 16.5. The van der Waals surface area contributed by atoms with Crippen LogP contribution < -0.4 is 4.74 Å². The van der Waals surface area contributed by atoms with Gasteiger partial charge < -0.3 is 20.1 Å². The van der Waals surface area contributed by atoms with Crippen molar-refractivity contribution in [1.82, 2.24) is 0 Å². The number of Topliss-reactive ketones (excluding diaryl/α,β-unsaturated/α-hetero) is 1. The lowest BCUT2D eigenvalue weighted by Gasteiger charge is -2.34. The van der Waals surface area contributed by atoms with Crippen molar-refractivity contribution in [3.05, 3.63) is 54.1 Å². The molecule has 0 heterocycles. The van der Waals surface area contributed by atoms with E-state index in [4.69, 9.17) is 9.84 Å². The van der Waals surface area contributed by atoms with Crippen molar-refractivity contribution in [1.29, 1.82) is 0 Å². The Bertz CT molecular complexity index is 586. The normalized spacial score (nSPS) is 24.4. The molecule has 3 N–H and O–H groups in total. The minimum atomic E-state index is -1.18. The smallest absolute Gasteiger partial charge is 0.168 e. The maximum atomic E-state index is 12.7. The molecule has 0 aromatic heterocycles. The summed E-state index contributed by atoms with van der Waals surface area (Å²) in [6.07, 6.45) is 6.87. The van der Waals surface area contributed by atoms with Crippen LogP contribution in [0.15, 0.2) is 48.6 Å². The van der Waals surface area contributed by atoms with E-state index in [0.29, 0.717) is 11.3 Å². The second-order valence-electron chi connectivity index (χ2n) is 5.75. The molecule has 0 saturated carbocycles. The molecule has 124 valence electrons. The molecule has 5 heteroatoms. The van der Waals surface area contributed by atoms with E-state index in [1.54, 1.807) is 55.5 Å². The Morgan fingerprint density at radius 1 is 1.26 bits per heavy atom. The van der Waals surface area contributed by atoms with Crippen molar-refractivity contribution >= 4 is 5.78 Å². The third-order valence-corrected chi connectivity index (χ3v) is 4.00. The van der Waals surface area contributed by atoms with E-state index in [1.165, 1.54) is 0 Å². The average Bonchev–Trinajstić information content (AvgIpc) is 2.55. The lowest BCUT2D eigenvalue weighted by atomic mass is 9.74. The topological polar surface area (TPSA) is 87.0 Å². The first-order chi connectivity index (χ1) is 11.0. The zero-order valence-corrected chi connectivity index (χ0v) is 13.1. The standard InChI is InChI=1S/C18H22O5/c1-18(22)9-3-2-4-16(18)15(12-20)17(21)13-5-7-14(8-6-13)23-11-10-19/h2-9,15-16,19-20,22H,10-12H2,1H3. The maximum Gasteiger partial charge on any atom is 0.168 e. The number of carbonyl (C=O) groups is 1. The molecule has 0 amide bonds. The number of carbonyl (C=O) groups excluding carboxylic acids is 1. The van der Waals surface area contributed by atoms with Crippen LogP contribution in [0.5, 0.6) is 5.75 Å². The van der Waals surface area contributed by atoms with Crippen LogP contribution >= 0.6 is 0 Å². The van der Waals surface area contributed by atoms with Gasteiger partial charge in [0.1, 0.15) is 12.4 Å². The van der Waals surface area contributed by atoms with E-state index < -0.39 is 17.4 Å². The van der Waals surface area contributed by atoms with E-state index in [2.05, 4.69) is 0 Å². The van der Waals surface area contributed by atoms with Gasteiger partial charge in [-0.1, -0.05) is 24.3 Å². The molecule has 1 aromatic rings. The fraction of sp³-hybridized carbons (Fsp3) is 0.389. The highest BCUT2D eigenvalue weighted by Crippen LogP contribution is 2.32. The van der Waals surface area contributed by atoms with Crippen LogP contribution in [-0.2, 0) is 0 Å². The Kier molecular flexibility index (Phi) is 5.71. The summed E-state index contributed by atoms with van der Waals surface area (Å²) in [5.41, 5.74) is -0.735. The third kappa shape index (κ3) is 4.07. The summed E-state index contributed by atoms with van der Waals surface area (Å²) in [5.74, 6) is -0.888. The number of ketones is 1. The first kappa shape index (κ1) is 17.4. The summed E-state index contributed by atoms with van der Waals surface area (Å²) in [5, 5.41) is 28.8. The van der Waals surface area contributed by atoms with E-state index in [9.17, 15) is 15.0 Å². The van der Waals surface area contributed by atoms with Crippen LogP contribution in [0.2, 0.25) is 0 Å². The zero-order chi connectivity index (χ0) is 16.9. The summed E-state index contributed by atoms with van der Waals surface area (Å²) in [6.45, 7) is 1.39. The Labute approximate surface area is 135 Å². The molecule has 0 aliphatic heterocycles. The average molecular weight is 318 g/mol. The van der Waals surface area contributed by atoms with Gasteiger partial charge in [0.05, 0.1) is 24.7 Å². The Hall–Kier alpha value is -1.95. The van der Waals surface area contributed by atoms with Gasteiger partial charge in [0.15, 0.2) is 5.78 Å². The Morgan fingerprint density at radius 3 is 2.52 bits per heavy atom. The predicted molar refractivity (Wildman–Crippen MR) is 86.3 cm³/mol. The molecule has 0 bridgehead atoms. The minimum absolute atomic E-state index is 0.0795. The van der Waals surface area contributed by atoms with Crippen molar-refractivity contribution in [3.63, 3.8) is 0 Å². The lowest BCUT2D eigenvalue weighted by molar-refractivity contribution is 0.0223. The van der Waals surface area contributed by atoms with Gasteiger partial charge in [0, 0.05) is 11.5 Å². The van der Waals surface area contributed by atoms with E-state index in [1.807, 2.05) is 0 Å². The molecule has 0 fully saturated rings. The molecule has 0 radical (unpaired) electrons. The predicted octanol–water partition coefficient (Wildman–Crippen LogP) is 1.34. The summed E-state index contributed by atoms with van der Waals surface area (Å²) >= 11 is 0. The van der Waals surface area contributed by atoms with Crippen molar-refractivity contribution < 1.29 is 24.9 Å². The van der Waals surface area contributed by atoms with Gasteiger partial charge in [0.25, 0.3) is 0 Å². The molecule has 1 aliphatic rings. The maximum absolute atomic E-state index is 12.7. The first-order valence-electron chi connectivity index (χ1n) is 7.57. The van der Waals surface area contributed by atoms with Gasteiger partial charge >= 0.3 is 0 Å². The highest BCUT2D eigenvalue weighted by molar-refractivity contribution is 5.98. The van der Waals surface area contributed by atoms with Gasteiger partial charge in [-0.25, -0.2) is 0 Å². The SMILES string of the molecule is CC1(O)C=CC=CC1C(CO)C(=O)c1ccc(OCCO)cc1. The molecule has 1 aliphatic carbocycles. The summed E-state index contributed by atoms with van der Waals surface area (Å²) in [7, 11) is 0. The van der Waals surface area contributed by atoms with Crippen LogP contribution in [0.25, 0.3) is 0 Å². The minimum Gasteiger partial charge on any atom is -0.491 e. The largest absolute Gasteiger partial charge is 0.491 e. The van der Waals surface area contributed by atoms with E-state index >= 15 is 0 Å². The molecule has 2 rings (SSSR count). The molecular weight excluding hydrogens is 296 g/mol. The van der Waals surface area contributed by atoms with Crippen molar-refractivity contribution in [2.45, 2.75) is 12.5 Å². The number of hydrogen-bond acceptors (Lipinski definition) is 5. The van der Waals surface area contributed by atoms with Crippen LogP contribution in [0.4, 0.5) is 0 Å². The monoisotopic (exact) mass is 318 g/mol. The first-order valence-corrected chi connectivity index (χ1v) is 7.57. The molecule has 1 aromatic carbocycles. The fourth-order valence-electron chi connectivity index (χ4n) is 2.73. The van der Waals surface area contributed by atoms with Crippen LogP contribution in [-0.4, -0.2) is 46.5 Å². The molecule has 3 unspecified atom stereocenters. The number of ether oxygens (including phenoxy) is 1. The third-order valence-electron chi connectivity index (χ3n) is 4.00. The number of hydrogen-bond donors (Lipinski definition) is 3. The Morgan fingerprint density at radius 2 is 1.96 bits per heavy atom. The van der Waals surface area contributed by atoms with Crippen molar-refractivity contribution in [3.8, 4) is 5.75 Å². The van der Waals surface area contributed by atoms with Crippen molar-refractivity contribution in [2.75, 3.05) is 19.8 Å². The molecule has 23 heavy (non-hydrogen) atoms. The molecule has 3 atom stereocenters. The molecule has 0 spiro atoms. The van der Waals surface area contributed by atoms with Crippen LogP contribution in [0.3, 0.4) is 0 Å². The van der Waals surface area contributed by atoms with E-state index in [0.717, 1.165) is 0 Å². The van der Waals surface area contributed by atoms with E-state index in [-0.39, 0.29) is 25.6 Å². The number of benzene rings is 1. The van der Waals surface area contributed by atoms with Crippen LogP contribution in [0.1, 0.15) is 17.3 Å². The summed E-state index contributed by atoms with van der Waals surface area (Å²) < 4.78 is 5.26. The van der Waals surface area contributed by atoms with Crippen LogP contribution in [0, 0.1) is 11.8 Å². The molecular formula is C18H22O5. The van der Waals surface area contributed by atoms with Gasteiger partial charge in [-0.05, 0) is 31.2 Å². The quantitative estimate of drug-likeness (QED) is 0.661. The Balaban J connectivity index is 2.16. The highest BCUT2D eigenvalue weighted by Gasteiger charge is 2.38. The fourth-order valence-corrected chi connectivity index (χ4v) is 2.73. The van der Waals surface area contributed by atoms with Crippen molar-refractivity contribution in [2.24, 2.45) is 11.8 Å². The summed E-state index contributed by atoms with van der Waals surface area (Å²) in [6, 6.07) is 6.53. The summed E-state index contributed by atoms with van der Waals surface area (Å²) in [4.78, 5) is 12.7.